The summed E-state index contributed by atoms with van der Waals surface area (Å²) < 4.78 is 5.29. The van der Waals surface area contributed by atoms with Gasteiger partial charge in [0.1, 0.15) is 18.4 Å². The second-order valence-electron chi connectivity index (χ2n) is 6.57. The van der Waals surface area contributed by atoms with E-state index >= 15 is 0 Å². The van der Waals surface area contributed by atoms with Crippen molar-refractivity contribution in [2.75, 3.05) is 19.7 Å². The zero-order valence-corrected chi connectivity index (χ0v) is 15.4. The molecule has 8 nitrogen and oxygen atoms in total. The number of rotatable bonds is 8. The lowest BCUT2D eigenvalue weighted by Crippen LogP contribution is -2.52. The van der Waals surface area contributed by atoms with Gasteiger partial charge in [0.25, 0.3) is 0 Å². The molecule has 27 heavy (non-hydrogen) atoms. The van der Waals surface area contributed by atoms with Gasteiger partial charge in [0.2, 0.25) is 11.8 Å². The molecule has 0 radical (unpaired) electrons. The maximum absolute atomic E-state index is 12.9. The van der Waals surface area contributed by atoms with Gasteiger partial charge in [-0.15, -0.1) is 0 Å². The van der Waals surface area contributed by atoms with Gasteiger partial charge in [-0.1, -0.05) is 19.1 Å². The highest BCUT2D eigenvalue weighted by molar-refractivity contribution is 5.88. The Morgan fingerprint density at radius 3 is 2.41 bits per heavy atom. The lowest BCUT2D eigenvalue weighted by Gasteiger charge is -2.34. The Bertz CT molecular complexity index is 653. The van der Waals surface area contributed by atoms with Crippen molar-refractivity contribution in [1.82, 2.24) is 10.2 Å². The Kier molecular flexibility index (Phi) is 7.60. The largest absolute Gasteiger partial charge is 0.508 e. The second-order valence-corrected chi connectivity index (χ2v) is 6.57. The first kappa shape index (κ1) is 20.7. The van der Waals surface area contributed by atoms with Gasteiger partial charge in [0, 0.05) is 25.9 Å². The summed E-state index contributed by atoms with van der Waals surface area (Å²) in [6.45, 7) is 2.30. The van der Waals surface area contributed by atoms with Gasteiger partial charge in [-0.3, -0.25) is 9.59 Å². The van der Waals surface area contributed by atoms with Crippen LogP contribution >= 0.6 is 0 Å². The van der Waals surface area contributed by atoms with Crippen LogP contribution in [-0.2, 0) is 25.5 Å². The van der Waals surface area contributed by atoms with Gasteiger partial charge in [-0.2, -0.15) is 0 Å². The van der Waals surface area contributed by atoms with E-state index in [1.165, 1.54) is 0 Å². The number of carboxylic acids is 1. The van der Waals surface area contributed by atoms with Crippen LogP contribution in [0.1, 0.15) is 31.7 Å². The average molecular weight is 378 g/mol. The number of piperidine rings is 1. The molecule has 1 aromatic carbocycles. The summed E-state index contributed by atoms with van der Waals surface area (Å²) in [6.07, 6.45) is 1.57. The summed E-state index contributed by atoms with van der Waals surface area (Å²) in [4.78, 5) is 37.0. The van der Waals surface area contributed by atoms with Crippen LogP contribution in [0.25, 0.3) is 0 Å². The Morgan fingerprint density at radius 2 is 1.85 bits per heavy atom. The molecule has 1 aliphatic rings. The predicted molar refractivity (Wildman–Crippen MR) is 97.2 cm³/mol. The quantitative estimate of drug-likeness (QED) is 0.619. The summed E-state index contributed by atoms with van der Waals surface area (Å²) in [5, 5.41) is 20.8. The fraction of sp³-hybridized carbons (Fsp3) is 0.526. The van der Waals surface area contributed by atoms with Crippen molar-refractivity contribution in [3.63, 3.8) is 0 Å². The van der Waals surface area contributed by atoms with Crippen LogP contribution in [0, 0.1) is 0 Å². The number of carbonyl (C=O) groups is 3. The number of ether oxygens (including phenoxy) is 1. The maximum Gasteiger partial charge on any atom is 0.329 e. The smallest absolute Gasteiger partial charge is 0.329 e. The highest BCUT2D eigenvalue weighted by atomic mass is 16.5. The van der Waals surface area contributed by atoms with Gasteiger partial charge in [0.05, 0.1) is 6.10 Å². The molecule has 8 heteroatoms. The molecule has 0 saturated carbocycles. The van der Waals surface area contributed by atoms with E-state index in [2.05, 4.69) is 5.32 Å². The van der Waals surface area contributed by atoms with E-state index in [4.69, 9.17) is 9.84 Å². The van der Waals surface area contributed by atoms with E-state index in [0.29, 0.717) is 32.4 Å². The first-order chi connectivity index (χ1) is 12.9. The van der Waals surface area contributed by atoms with Crippen LogP contribution in [0.2, 0.25) is 0 Å². The van der Waals surface area contributed by atoms with Crippen LogP contribution in [0.3, 0.4) is 0 Å². The molecule has 1 saturated heterocycles. The Labute approximate surface area is 158 Å². The molecule has 148 valence electrons. The highest BCUT2D eigenvalue weighted by Gasteiger charge is 2.29. The number of likely N-dealkylation sites (tertiary alicyclic amines) is 1. The molecule has 1 aliphatic heterocycles. The molecule has 0 aromatic heterocycles. The zero-order valence-electron chi connectivity index (χ0n) is 15.4. The number of hydrogen-bond acceptors (Lipinski definition) is 5. The van der Waals surface area contributed by atoms with E-state index in [1.807, 2.05) is 0 Å². The SMILES string of the molecule is CCC(=O)NC(Cc1ccc(O)cc1)C(=O)N1CCC(OCC(=O)O)CC1. The Morgan fingerprint density at radius 1 is 1.22 bits per heavy atom. The number of amides is 2. The van der Waals surface area contributed by atoms with E-state index in [9.17, 15) is 19.5 Å². The molecule has 1 fully saturated rings. The maximum atomic E-state index is 12.9. The number of aromatic hydroxyl groups is 1. The third-order valence-corrected chi connectivity index (χ3v) is 4.53. The molecule has 1 unspecified atom stereocenters. The molecule has 3 N–H and O–H groups in total. The monoisotopic (exact) mass is 378 g/mol. The standard InChI is InChI=1S/C19H26N2O6/c1-2-17(23)20-16(11-13-3-5-14(22)6-4-13)19(26)21-9-7-15(8-10-21)27-12-18(24)25/h3-6,15-16,22H,2,7-12H2,1H3,(H,20,23)(H,24,25). The highest BCUT2D eigenvalue weighted by Crippen LogP contribution is 2.17. The number of phenols is 1. The Balaban J connectivity index is 1.97. The number of nitrogens with zero attached hydrogens (tertiary/aromatic N) is 1. The number of benzene rings is 1. The summed E-state index contributed by atoms with van der Waals surface area (Å²) in [7, 11) is 0. The summed E-state index contributed by atoms with van der Waals surface area (Å²) >= 11 is 0. The van der Waals surface area contributed by atoms with Crippen molar-refractivity contribution in [1.29, 1.82) is 0 Å². The van der Waals surface area contributed by atoms with Crippen molar-refractivity contribution in [2.45, 2.75) is 44.8 Å². The van der Waals surface area contributed by atoms with Crippen molar-refractivity contribution in [3.05, 3.63) is 29.8 Å². The molecule has 1 atom stereocenters. The normalized spacial score (nSPS) is 16.0. The Hall–Kier alpha value is -2.61. The topological polar surface area (TPSA) is 116 Å². The van der Waals surface area contributed by atoms with Crippen LogP contribution in [-0.4, -0.2) is 64.7 Å². The summed E-state index contributed by atoms with van der Waals surface area (Å²) in [5.74, 6) is -1.24. The third kappa shape index (κ3) is 6.56. The molecule has 2 amide bonds. The van der Waals surface area contributed by atoms with Crippen LogP contribution < -0.4 is 5.32 Å². The van der Waals surface area contributed by atoms with Gasteiger partial charge < -0.3 is 25.2 Å². The van der Waals surface area contributed by atoms with Crippen LogP contribution in [0.5, 0.6) is 5.75 Å². The second kappa shape index (κ2) is 9.91. The van der Waals surface area contributed by atoms with Crippen LogP contribution in [0.15, 0.2) is 24.3 Å². The first-order valence-electron chi connectivity index (χ1n) is 9.08. The number of phenolic OH excluding ortho intramolecular Hbond substituents is 1. The third-order valence-electron chi connectivity index (χ3n) is 4.53. The number of aliphatic carboxylic acids is 1. The van der Waals surface area contributed by atoms with E-state index < -0.39 is 12.0 Å². The molecule has 0 spiro atoms. The van der Waals surface area contributed by atoms with Crippen molar-refractivity contribution >= 4 is 17.8 Å². The van der Waals surface area contributed by atoms with Crippen molar-refractivity contribution in [2.24, 2.45) is 0 Å². The number of nitrogens with one attached hydrogen (secondary N) is 1. The van der Waals surface area contributed by atoms with Crippen molar-refractivity contribution < 1.29 is 29.3 Å². The van der Waals surface area contributed by atoms with Gasteiger partial charge in [-0.25, -0.2) is 4.79 Å². The fourth-order valence-corrected chi connectivity index (χ4v) is 3.02. The van der Waals surface area contributed by atoms with E-state index in [1.54, 1.807) is 36.1 Å². The summed E-state index contributed by atoms with van der Waals surface area (Å²) in [5.41, 5.74) is 0.835. The number of carbonyl (C=O) groups excluding carboxylic acids is 2. The molecule has 0 bridgehead atoms. The minimum atomic E-state index is -1.01. The van der Waals surface area contributed by atoms with E-state index in [0.717, 1.165) is 5.56 Å². The average Bonchev–Trinajstić information content (AvgIpc) is 2.67. The molecule has 0 aliphatic carbocycles. The minimum Gasteiger partial charge on any atom is -0.508 e. The van der Waals surface area contributed by atoms with Gasteiger partial charge in [-0.05, 0) is 30.5 Å². The zero-order chi connectivity index (χ0) is 19.8. The van der Waals surface area contributed by atoms with Crippen molar-refractivity contribution in [3.8, 4) is 5.75 Å². The lowest BCUT2D eigenvalue weighted by atomic mass is 10.0. The molecular weight excluding hydrogens is 352 g/mol. The molecule has 1 aromatic rings. The molecule has 2 rings (SSSR count). The van der Waals surface area contributed by atoms with Gasteiger partial charge >= 0.3 is 5.97 Å². The number of hydrogen-bond donors (Lipinski definition) is 3. The molecule has 1 heterocycles. The summed E-state index contributed by atoms with van der Waals surface area (Å²) in [6, 6.07) is 5.85. The molecular formula is C19H26N2O6. The van der Waals surface area contributed by atoms with E-state index in [-0.39, 0.29) is 36.7 Å². The fourth-order valence-electron chi connectivity index (χ4n) is 3.02. The first-order valence-corrected chi connectivity index (χ1v) is 9.08. The van der Waals surface area contributed by atoms with Crippen LogP contribution in [0.4, 0.5) is 0 Å². The van der Waals surface area contributed by atoms with Gasteiger partial charge in [0.15, 0.2) is 0 Å². The minimum absolute atomic E-state index is 0.141. The predicted octanol–water partition coefficient (Wildman–Crippen LogP) is 0.922. The number of carboxylic acid groups (broad SMARTS) is 1. The lowest BCUT2D eigenvalue weighted by molar-refractivity contribution is -0.147.